The highest BCUT2D eigenvalue weighted by molar-refractivity contribution is 5.94. The molecule has 0 bridgehead atoms. The molecule has 2 N–H and O–H groups in total. The zero-order valence-electron chi connectivity index (χ0n) is 10.6. The second-order valence-corrected chi connectivity index (χ2v) is 5.11. The van der Waals surface area contributed by atoms with Crippen molar-refractivity contribution in [2.45, 2.75) is 31.3 Å². The van der Waals surface area contributed by atoms with Crippen LogP contribution in [0.5, 0.6) is 0 Å². The topological polar surface area (TPSA) is 60.8 Å². The Hall–Kier alpha value is -1.55. The molecular weight excluding hydrogens is 230 g/mol. The van der Waals surface area contributed by atoms with Crippen LogP contribution in [0.1, 0.15) is 36.0 Å². The third-order valence-electron chi connectivity index (χ3n) is 3.61. The number of carbonyl (C=O) groups is 1. The van der Waals surface area contributed by atoms with Crippen molar-refractivity contribution in [2.24, 2.45) is 0 Å². The fraction of sp³-hybridized carbons (Fsp3) is 0.500. The van der Waals surface area contributed by atoms with Crippen molar-refractivity contribution >= 4 is 11.7 Å². The van der Waals surface area contributed by atoms with Crippen LogP contribution in [0, 0.1) is 0 Å². The summed E-state index contributed by atoms with van der Waals surface area (Å²) in [5.74, 6) is -0.934. The van der Waals surface area contributed by atoms with Crippen LogP contribution < -0.4 is 4.90 Å². The highest BCUT2D eigenvalue weighted by Crippen LogP contribution is 2.31. The van der Waals surface area contributed by atoms with E-state index in [1.54, 1.807) is 18.2 Å². The summed E-state index contributed by atoms with van der Waals surface area (Å²) in [7, 11) is 1.83. The third kappa shape index (κ3) is 2.64. The number of hydrogen-bond acceptors (Lipinski definition) is 3. The summed E-state index contributed by atoms with van der Waals surface area (Å²) in [5, 5.41) is 19.5. The smallest absolute Gasteiger partial charge is 0.337 e. The molecule has 18 heavy (non-hydrogen) atoms. The molecule has 0 saturated heterocycles. The number of aliphatic hydroxyl groups is 1. The van der Waals surface area contributed by atoms with Crippen LogP contribution >= 0.6 is 0 Å². The summed E-state index contributed by atoms with van der Waals surface area (Å²) >= 11 is 0. The van der Waals surface area contributed by atoms with Gasteiger partial charge in [0.15, 0.2) is 0 Å². The van der Waals surface area contributed by atoms with E-state index in [1.165, 1.54) is 0 Å². The standard InChI is InChI=1S/C14H19NO3/c1-15(10-14(18)8-4-5-9-14)12-7-3-2-6-11(12)13(16)17/h2-3,6-7,18H,4-5,8-10H2,1H3,(H,16,17). The quantitative estimate of drug-likeness (QED) is 0.858. The van der Waals surface area contributed by atoms with Crippen molar-refractivity contribution in [3.8, 4) is 0 Å². The number of likely N-dealkylation sites (N-methyl/N-ethyl adjacent to an activating group) is 1. The van der Waals surface area contributed by atoms with E-state index < -0.39 is 11.6 Å². The number of para-hydroxylation sites is 1. The van der Waals surface area contributed by atoms with Gasteiger partial charge in [-0.3, -0.25) is 0 Å². The molecule has 0 radical (unpaired) electrons. The number of aromatic carboxylic acids is 1. The van der Waals surface area contributed by atoms with Crippen LogP contribution in [0.4, 0.5) is 5.69 Å². The first-order valence-corrected chi connectivity index (χ1v) is 6.28. The third-order valence-corrected chi connectivity index (χ3v) is 3.61. The normalized spacial score (nSPS) is 17.7. The number of rotatable bonds is 4. The van der Waals surface area contributed by atoms with E-state index in [9.17, 15) is 9.90 Å². The number of carboxylic acid groups (broad SMARTS) is 1. The van der Waals surface area contributed by atoms with Crippen LogP contribution in [0.15, 0.2) is 24.3 Å². The van der Waals surface area contributed by atoms with Crippen LogP contribution in [-0.2, 0) is 0 Å². The molecule has 0 aromatic heterocycles. The van der Waals surface area contributed by atoms with Gasteiger partial charge in [0, 0.05) is 13.6 Å². The van der Waals surface area contributed by atoms with Crippen molar-refractivity contribution in [3.63, 3.8) is 0 Å². The molecule has 98 valence electrons. The zero-order valence-corrected chi connectivity index (χ0v) is 10.6. The lowest BCUT2D eigenvalue weighted by Crippen LogP contribution is -2.39. The van der Waals surface area contributed by atoms with Gasteiger partial charge in [-0.25, -0.2) is 4.79 Å². The molecule has 4 heteroatoms. The number of benzene rings is 1. The van der Waals surface area contributed by atoms with Gasteiger partial charge in [-0.05, 0) is 25.0 Å². The molecule has 0 spiro atoms. The van der Waals surface area contributed by atoms with E-state index in [2.05, 4.69) is 0 Å². The molecule has 0 aliphatic heterocycles. The number of nitrogens with zero attached hydrogens (tertiary/aromatic N) is 1. The maximum absolute atomic E-state index is 11.2. The molecule has 1 fully saturated rings. The summed E-state index contributed by atoms with van der Waals surface area (Å²) < 4.78 is 0. The van der Waals surface area contributed by atoms with Crippen LogP contribution in [-0.4, -0.2) is 35.4 Å². The Morgan fingerprint density at radius 3 is 2.56 bits per heavy atom. The van der Waals surface area contributed by atoms with E-state index in [4.69, 9.17) is 5.11 Å². The van der Waals surface area contributed by atoms with Gasteiger partial charge >= 0.3 is 5.97 Å². The summed E-state index contributed by atoms with van der Waals surface area (Å²) in [4.78, 5) is 13.0. The van der Waals surface area contributed by atoms with Gasteiger partial charge in [0.1, 0.15) is 0 Å². The lowest BCUT2D eigenvalue weighted by atomic mass is 10.0. The Kier molecular flexibility index (Phi) is 3.57. The van der Waals surface area contributed by atoms with E-state index in [-0.39, 0.29) is 5.56 Å². The van der Waals surface area contributed by atoms with Crippen molar-refractivity contribution in [2.75, 3.05) is 18.5 Å². The molecule has 1 saturated carbocycles. The second-order valence-electron chi connectivity index (χ2n) is 5.11. The van der Waals surface area contributed by atoms with Gasteiger partial charge in [-0.15, -0.1) is 0 Å². The molecule has 1 aromatic carbocycles. The van der Waals surface area contributed by atoms with Crippen LogP contribution in [0.25, 0.3) is 0 Å². The Morgan fingerprint density at radius 2 is 1.94 bits per heavy atom. The maximum atomic E-state index is 11.2. The van der Waals surface area contributed by atoms with Gasteiger partial charge < -0.3 is 15.1 Å². The Bertz CT molecular complexity index is 438. The van der Waals surface area contributed by atoms with E-state index >= 15 is 0 Å². The molecular formula is C14H19NO3. The van der Waals surface area contributed by atoms with Crippen molar-refractivity contribution < 1.29 is 15.0 Å². The van der Waals surface area contributed by atoms with E-state index in [1.807, 2.05) is 18.0 Å². The van der Waals surface area contributed by atoms with Gasteiger partial charge in [-0.2, -0.15) is 0 Å². The van der Waals surface area contributed by atoms with E-state index in [0.29, 0.717) is 12.2 Å². The Balaban J connectivity index is 2.18. The first-order valence-electron chi connectivity index (χ1n) is 6.28. The number of carboxylic acids is 1. The monoisotopic (exact) mass is 249 g/mol. The molecule has 1 aliphatic carbocycles. The van der Waals surface area contributed by atoms with Gasteiger partial charge in [0.25, 0.3) is 0 Å². The predicted molar refractivity (Wildman–Crippen MR) is 70.1 cm³/mol. The van der Waals surface area contributed by atoms with Gasteiger partial charge in [0.05, 0.1) is 16.9 Å². The highest BCUT2D eigenvalue weighted by atomic mass is 16.4. The predicted octanol–water partition coefficient (Wildman–Crippen LogP) is 2.13. The Morgan fingerprint density at radius 1 is 1.33 bits per heavy atom. The summed E-state index contributed by atoms with van der Waals surface area (Å²) in [5.41, 5.74) is 0.271. The summed E-state index contributed by atoms with van der Waals surface area (Å²) in [6.07, 6.45) is 3.69. The van der Waals surface area contributed by atoms with Crippen molar-refractivity contribution in [1.29, 1.82) is 0 Å². The molecule has 0 heterocycles. The first kappa shape index (κ1) is 12.9. The van der Waals surface area contributed by atoms with Crippen LogP contribution in [0.3, 0.4) is 0 Å². The minimum absolute atomic E-state index is 0.279. The highest BCUT2D eigenvalue weighted by Gasteiger charge is 2.32. The fourth-order valence-electron chi connectivity index (χ4n) is 2.71. The Labute approximate surface area is 107 Å². The molecule has 1 aliphatic rings. The summed E-state index contributed by atoms with van der Waals surface area (Å²) in [6, 6.07) is 6.90. The van der Waals surface area contributed by atoms with E-state index in [0.717, 1.165) is 25.7 Å². The minimum atomic E-state index is -0.934. The average Bonchev–Trinajstić information content (AvgIpc) is 2.75. The van der Waals surface area contributed by atoms with Gasteiger partial charge in [-0.1, -0.05) is 25.0 Å². The first-order chi connectivity index (χ1) is 8.52. The van der Waals surface area contributed by atoms with Crippen molar-refractivity contribution in [3.05, 3.63) is 29.8 Å². The number of anilines is 1. The lowest BCUT2D eigenvalue weighted by molar-refractivity contribution is 0.0555. The lowest BCUT2D eigenvalue weighted by Gasteiger charge is -2.30. The molecule has 2 rings (SSSR count). The average molecular weight is 249 g/mol. The SMILES string of the molecule is CN(CC1(O)CCCC1)c1ccccc1C(=O)O. The molecule has 4 nitrogen and oxygen atoms in total. The second kappa shape index (κ2) is 4.98. The minimum Gasteiger partial charge on any atom is -0.478 e. The largest absolute Gasteiger partial charge is 0.478 e. The number of hydrogen-bond donors (Lipinski definition) is 2. The van der Waals surface area contributed by atoms with Crippen molar-refractivity contribution in [1.82, 2.24) is 0 Å². The molecule has 0 atom stereocenters. The molecule has 0 unspecified atom stereocenters. The molecule has 1 aromatic rings. The summed E-state index contributed by atoms with van der Waals surface area (Å²) in [6.45, 7) is 0.483. The maximum Gasteiger partial charge on any atom is 0.337 e. The molecule has 0 amide bonds. The van der Waals surface area contributed by atoms with Crippen LogP contribution in [0.2, 0.25) is 0 Å². The fourth-order valence-corrected chi connectivity index (χ4v) is 2.71. The zero-order chi connectivity index (χ0) is 13.2. The van der Waals surface area contributed by atoms with Gasteiger partial charge in [0.2, 0.25) is 0 Å².